The lowest BCUT2D eigenvalue weighted by molar-refractivity contribution is 0.416. The molecule has 48 heavy (non-hydrogen) atoms. The van der Waals surface area contributed by atoms with Crippen molar-refractivity contribution in [3.8, 4) is 17.2 Å². The van der Waals surface area contributed by atoms with Gasteiger partial charge in [0.2, 0.25) is 0 Å². The van der Waals surface area contributed by atoms with Crippen LogP contribution >= 0.6 is 0 Å². The summed E-state index contributed by atoms with van der Waals surface area (Å²) in [4.78, 5) is 0. The van der Waals surface area contributed by atoms with E-state index >= 15 is 0 Å². The molecule has 0 spiro atoms. The topological polar surface area (TPSA) is 27.7 Å². The highest BCUT2D eigenvalue weighted by Gasteiger charge is 2.31. The predicted molar refractivity (Wildman–Crippen MR) is 203 cm³/mol. The third-order valence-corrected chi connectivity index (χ3v) is 12.0. The van der Waals surface area contributed by atoms with E-state index in [1.54, 1.807) is 21.3 Å². The van der Waals surface area contributed by atoms with Crippen LogP contribution in [0.5, 0.6) is 17.2 Å². The first-order chi connectivity index (χ1) is 23.7. The average molecular weight is 613 g/mol. The summed E-state index contributed by atoms with van der Waals surface area (Å²) in [5.41, 5.74) is 0. The van der Waals surface area contributed by atoms with Crippen molar-refractivity contribution in [3.05, 3.63) is 91.0 Å². The molecule has 0 unspecified atom stereocenters. The van der Waals surface area contributed by atoms with Crippen LogP contribution in [0, 0.1) is 0 Å². The largest absolute Gasteiger partial charge is 0.497 e. The molecule has 222 valence electrons. The van der Waals surface area contributed by atoms with E-state index in [-0.39, 0.29) is 0 Å². The van der Waals surface area contributed by atoms with Crippen molar-refractivity contribution in [2.75, 3.05) is 21.3 Å². The van der Waals surface area contributed by atoms with Crippen molar-refractivity contribution in [2.24, 2.45) is 0 Å². The summed E-state index contributed by atoms with van der Waals surface area (Å²) in [5.74, 6) is 2.64. The van der Waals surface area contributed by atoms with Crippen molar-refractivity contribution in [1.29, 1.82) is 0 Å². The lowest BCUT2D eigenvalue weighted by atomic mass is 9.73. The highest BCUT2D eigenvalue weighted by atomic mass is 16.5. The van der Waals surface area contributed by atoms with Crippen LogP contribution in [0.3, 0.4) is 0 Å². The van der Waals surface area contributed by atoms with Crippen molar-refractivity contribution in [3.63, 3.8) is 0 Å². The van der Waals surface area contributed by atoms with E-state index in [0.29, 0.717) is 0 Å². The van der Waals surface area contributed by atoms with Crippen LogP contribution in [0.4, 0.5) is 0 Å². The Balaban J connectivity index is 1.57. The van der Waals surface area contributed by atoms with Crippen molar-refractivity contribution >= 4 is 129 Å². The smallest absolute Gasteiger partial charge is 0.120 e. The van der Waals surface area contributed by atoms with Gasteiger partial charge < -0.3 is 14.2 Å². The van der Waals surface area contributed by atoms with Crippen LogP contribution in [0.1, 0.15) is 0 Å². The Bertz CT molecular complexity index is 2940. The molecule has 0 bridgehead atoms. The zero-order valence-electron chi connectivity index (χ0n) is 26.4. The number of methoxy groups -OCH3 is 3. The maximum atomic E-state index is 6.03. The van der Waals surface area contributed by atoms with E-state index in [4.69, 9.17) is 14.2 Å². The molecule has 13 aromatic rings. The quantitative estimate of drug-likeness (QED) is 0.147. The summed E-state index contributed by atoms with van der Waals surface area (Å²) < 4.78 is 18.1. The van der Waals surface area contributed by atoms with Gasteiger partial charge in [-0.1, -0.05) is 54.6 Å². The zero-order chi connectivity index (χ0) is 31.3. The highest BCUT2D eigenvalue weighted by Crippen LogP contribution is 2.60. The molecular formula is C45H24O3. The molecule has 0 fully saturated rings. The van der Waals surface area contributed by atoms with Gasteiger partial charge in [0.05, 0.1) is 21.3 Å². The fraction of sp³-hybridized carbons (Fsp3) is 0.0667. The molecule has 0 radical (unpaired) electrons. The first-order valence-corrected chi connectivity index (χ1v) is 16.5. The number of benzene rings is 13. The monoisotopic (exact) mass is 612 g/mol. The molecule has 0 atom stereocenters. The summed E-state index contributed by atoms with van der Waals surface area (Å²) >= 11 is 0. The fourth-order valence-electron chi connectivity index (χ4n) is 10.3. The van der Waals surface area contributed by atoms with Crippen LogP contribution in [-0.4, -0.2) is 21.3 Å². The molecule has 0 saturated carbocycles. The van der Waals surface area contributed by atoms with Gasteiger partial charge in [-0.05, 0) is 166 Å². The van der Waals surface area contributed by atoms with Gasteiger partial charge in [-0.15, -0.1) is 0 Å². The van der Waals surface area contributed by atoms with Crippen LogP contribution in [0.15, 0.2) is 91.0 Å². The summed E-state index contributed by atoms with van der Waals surface area (Å²) in [6.07, 6.45) is 0. The molecule has 3 heteroatoms. The third-order valence-electron chi connectivity index (χ3n) is 12.0. The number of hydrogen-bond acceptors (Lipinski definition) is 3. The van der Waals surface area contributed by atoms with Crippen LogP contribution in [-0.2, 0) is 0 Å². The van der Waals surface area contributed by atoms with E-state index in [1.807, 2.05) is 0 Å². The SMILES string of the molecule is COc1cc2c3cccc4c5cc(OC)cc6c7cccc8c9cc(OC)cc%10c%11cccc%12c(c1)c2c1c(c34)c(c56)c(c78)c(c%109)c1c%12%11. The first kappa shape index (κ1) is 24.2. The summed E-state index contributed by atoms with van der Waals surface area (Å²) in [6.45, 7) is 0. The molecule has 0 N–H and O–H groups in total. The van der Waals surface area contributed by atoms with Crippen LogP contribution in [0.25, 0.3) is 129 Å². The van der Waals surface area contributed by atoms with Crippen molar-refractivity contribution < 1.29 is 14.2 Å². The predicted octanol–water partition coefficient (Wildman–Crippen LogP) is 12.2. The van der Waals surface area contributed by atoms with Gasteiger partial charge in [-0.2, -0.15) is 0 Å². The van der Waals surface area contributed by atoms with E-state index < -0.39 is 0 Å². The molecule has 0 aliphatic carbocycles. The molecule has 0 heterocycles. The zero-order valence-corrected chi connectivity index (χ0v) is 26.4. The van der Waals surface area contributed by atoms with Gasteiger partial charge in [0.1, 0.15) is 17.2 Å². The molecule has 0 saturated heterocycles. The molecule has 0 amide bonds. The van der Waals surface area contributed by atoms with Gasteiger partial charge in [0.15, 0.2) is 0 Å². The van der Waals surface area contributed by atoms with Crippen LogP contribution in [0.2, 0.25) is 0 Å². The molecule has 0 aliphatic heterocycles. The van der Waals surface area contributed by atoms with Crippen molar-refractivity contribution in [2.45, 2.75) is 0 Å². The van der Waals surface area contributed by atoms with Crippen LogP contribution < -0.4 is 14.2 Å². The number of hydrogen-bond donors (Lipinski definition) is 0. The lowest BCUT2D eigenvalue weighted by Crippen LogP contribution is -2.01. The number of ether oxygens (including phenoxy) is 3. The Morgan fingerprint density at radius 3 is 0.625 bits per heavy atom. The van der Waals surface area contributed by atoms with E-state index in [1.165, 1.54) is 129 Å². The third kappa shape index (κ3) is 2.31. The maximum Gasteiger partial charge on any atom is 0.120 e. The average Bonchev–Trinajstić information content (AvgIpc) is 3.14. The van der Waals surface area contributed by atoms with E-state index in [0.717, 1.165) is 17.2 Å². The summed E-state index contributed by atoms with van der Waals surface area (Å²) in [5, 5.41) is 31.3. The molecule has 13 aromatic carbocycles. The Labute approximate surface area is 272 Å². The molecule has 13 rings (SSSR count). The highest BCUT2D eigenvalue weighted by molar-refractivity contribution is 6.61. The second kappa shape index (κ2) is 7.56. The minimum absolute atomic E-state index is 0.879. The molecule has 3 nitrogen and oxygen atoms in total. The molecular weight excluding hydrogens is 588 g/mol. The Morgan fingerprint density at radius 1 is 0.250 bits per heavy atom. The van der Waals surface area contributed by atoms with Gasteiger partial charge in [0, 0.05) is 0 Å². The summed E-state index contributed by atoms with van der Waals surface area (Å²) in [6, 6.07) is 34.1. The molecule has 0 aromatic heterocycles. The molecule has 0 aliphatic rings. The number of fused-ring (bicyclic) bond motifs is 6. The minimum Gasteiger partial charge on any atom is -0.497 e. The van der Waals surface area contributed by atoms with Crippen molar-refractivity contribution in [1.82, 2.24) is 0 Å². The second-order valence-corrected chi connectivity index (χ2v) is 13.7. The normalized spacial score (nSPS) is 13.3. The Kier molecular flexibility index (Phi) is 3.81. The summed E-state index contributed by atoms with van der Waals surface area (Å²) in [7, 11) is 5.35. The van der Waals surface area contributed by atoms with Gasteiger partial charge in [-0.3, -0.25) is 0 Å². The Hall–Kier alpha value is -6.06. The van der Waals surface area contributed by atoms with Gasteiger partial charge >= 0.3 is 0 Å². The van der Waals surface area contributed by atoms with Gasteiger partial charge in [-0.25, -0.2) is 0 Å². The van der Waals surface area contributed by atoms with E-state index in [9.17, 15) is 0 Å². The second-order valence-electron chi connectivity index (χ2n) is 13.7. The lowest BCUT2D eigenvalue weighted by Gasteiger charge is -2.29. The first-order valence-electron chi connectivity index (χ1n) is 16.5. The maximum absolute atomic E-state index is 6.03. The van der Waals surface area contributed by atoms with Gasteiger partial charge in [0.25, 0.3) is 0 Å². The minimum atomic E-state index is 0.879. The van der Waals surface area contributed by atoms with E-state index in [2.05, 4.69) is 91.0 Å². The fourth-order valence-corrected chi connectivity index (χ4v) is 10.3. The Morgan fingerprint density at radius 2 is 0.438 bits per heavy atom. The standard InChI is InChI=1S/C45H24O3/c1-46-19-13-28-22-7-4-9-24-30-15-20(47-2)17-32-26-11-6-12-27-33-18-21(48-3)16-31-25-10-5-8-23-29(14-19)37(28)43-40(34(22)24)44(38(30)32)42(36(26)27)45(39(31)33)41(43)35(23)25/h4-18H,1-3H3. The number of rotatable bonds is 3.